The van der Waals surface area contributed by atoms with Gasteiger partial charge in [-0.05, 0) is 18.2 Å². The van der Waals surface area contributed by atoms with E-state index < -0.39 is 0 Å². The van der Waals surface area contributed by atoms with E-state index in [4.69, 9.17) is 9.47 Å². The van der Waals surface area contributed by atoms with Gasteiger partial charge in [0.2, 0.25) is 0 Å². The molecule has 1 aromatic rings. The Morgan fingerprint density at radius 2 is 1.94 bits per heavy atom. The number of aldehydes is 1. The molecule has 0 unspecified atom stereocenters. The lowest BCUT2D eigenvalue weighted by Gasteiger charge is -2.07. The number of hydrogen-bond donors (Lipinski definition) is 0. The summed E-state index contributed by atoms with van der Waals surface area (Å²) in [5, 5.41) is 0. The summed E-state index contributed by atoms with van der Waals surface area (Å²) in [5.41, 5.74) is 0.609. The van der Waals surface area contributed by atoms with Crippen LogP contribution >= 0.6 is 0 Å². The number of carbonyl (C=O) groups is 2. The number of allylic oxidation sites excluding steroid dienone is 1. The van der Waals surface area contributed by atoms with Crippen LogP contribution in [0, 0.1) is 0 Å². The van der Waals surface area contributed by atoms with Gasteiger partial charge in [0.25, 0.3) is 6.47 Å². The summed E-state index contributed by atoms with van der Waals surface area (Å²) >= 11 is 0. The van der Waals surface area contributed by atoms with E-state index in [1.165, 1.54) is 20.3 Å². The zero-order chi connectivity index (χ0) is 12.7. The minimum Gasteiger partial charge on any atom is -0.497 e. The van der Waals surface area contributed by atoms with Crippen LogP contribution in [0.25, 0.3) is 6.08 Å². The van der Waals surface area contributed by atoms with Crippen LogP contribution < -0.4 is 9.47 Å². The fraction of sp³-hybridized carbons (Fsp3) is 0.167. The van der Waals surface area contributed by atoms with Crippen LogP contribution in [0.15, 0.2) is 24.0 Å². The average molecular weight is 236 g/mol. The van der Waals surface area contributed by atoms with E-state index in [2.05, 4.69) is 4.74 Å². The Kier molecular flexibility index (Phi) is 4.75. The first-order chi connectivity index (χ1) is 8.24. The van der Waals surface area contributed by atoms with Crippen molar-refractivity contribution < 1.29 is 23.8 Å². The maximum Gasteiger partial charge on any atom is 0.298 e. The second-order valence-corrected chi connectivity index (χ2v) is 2.99. The van der Waals surface area contributed by atoms with Crippen molar-refractivity contribution in [2.24, 2.45) is 0 Å². The van der Waals surface area contributed by atoms with Crippen molar-refractivity contribution >= 4 is 18.8 Å². The molecule has 0 amide bonds. The standard InChI is InChI=1S/C12H12O5/c1-15-10-4-3-9(12(6-10)16-2)5-11(7-13)17-8-14/h3-8H,1-2H3/b11-5+. The van der Waals surface area contributed by atoms with Gasteiger partial charge in [-0.25, -0.2) is 0 Å². The van der Waals surface area contributed by atoms with E-state index in [0.29, 0.717) is 23.3 Å². The fourth-order valence-corrected chi connectivity index (χ4v) is 1.24. The third-order valence-corrected chi connectivity index (χ3v) is 2.04. The molecule has 17 heavy (non-hydrogen) atoms. The monoisotopic (exact) mass is 236 g/mol. The van der Waals surface area contributed by atoms with Crippen LogP contribution in [-0.4, -0.2) is 27.0 Å². The first-order valence-corrected chi connectivity index (χ1v) is 4.74. The molecule has 0 saturated heterocycles. The maximum absolute atomic E-state index is 10.6. The molecule has 90 valence electrons. The molecule has 0 aliphatic heterocycles. The highest BCUT2D eigenvalue weighted by Crippen LogP contribution is 2.26. The molecule has 0 aliphatic carbocycles. The second kappa shape index (κ2) is 6.32. The van der Waals surface area contributed by atoms with E-state index in [1.807, 2.05) is 0 Å². The van der Waals surface area contributed by atoms with Gasteiger partial charge >= 0.3 is 0 Å². The Labute approximate surface area is 98.6 Å². The Hall–Kier alpha value is -2.30. The molecule has 0 radical (unpaired) electrons. The van der Waals surface area contributed by atoms with Gasteiger partial charge in [-0.2, -0.15) is 0 Å². The first-order valence-electron chi connectivity index (χ1n) is 4.74. The smallest absolute Gasteiger partial charge is 0.298 e. The normalized spacial score (nSPS) is 10.6. The third-order valence-electron chi connectivity index (χ3n) is 2.04. The van der Waals surface area contributed by atoms with Gasteiger partial charge < -0.3 is 14.2 Å². The zero-order valence-corrected chi connectivity index (χ0v) is 9.51. The van der Waals surface area contributed by atoms with Crippen LogP contribution in [0.1, 0.15) is 5.56 Å². The van der Waals surface area contributed by atoms with Crippen LogP contribution in [0.4, 0.5) is 0 Å². The van der Waals surface area contributed by atoms with Crippen LogP contribution in [0.2, 0.25) is 0 Å². The van der Waals surface area contributed by atoms with Gasteiger partial charge in [-0.3, -0.25) is 9.59 Å². The maximum atomic E-state index is 10.6. The quantitative estimate of drug-likeness (QED) is 0.424. The lowest BCUT2D eigenvalue weighted by atomic mass is 10.1. The van der Waals surface area contributed by atoms with Crippen molar-refractivity contribution in [1.29, 1.82) is 0 Å². The molecule has 0 fully saturated rings. The number of ether oxygens (including phenoxy) is 3. The molecule has 0 bridgehead atoms. The predicted octanol–water partition coefficient (Wildman–Crippen LogP) is 1.42. The van der Waals surface area contributed by atoms with Crippen molar-refractivity contribution in [3.63, 3.8) is 0 Å². The fourth-order valence-electron chi connectivity index (χ4n) is 1.24. The number of carbonyl (C=O) groups excluding carboxylic acids is 2. The molecule has 1 aromatic carbocycles. The molecule has 5 nitrogen and oxygen atoms in total. The summed E-state index contributed by atoms with van der Waals surface area (Å²) in [6.07, 6.45) is 1.84. The molecule has 5 heteroatoms. The number of hydrogen-bond acceptors (Lipinski definition) is 5. The summed E-state index contributed by atoms with van der Waals surface area (Å²) in [6.45, 7) is 0.191. The highest BCUT2D eigenvalue weighted by molar-refractivity contribution is 5.82. The second-order valence-electron chi connectivity index (χ2n) is 2.99. The molecular weight excluding hydrogens is 224 g/mol. The molecule has 0 saturated carbocycles. The topological polar surface area (TPSA) is 61.8 Å². The molecule has 0 aliphatic rings. The highest BCUT2D eigenvalue weighted by Gasteiger charge is 2.05. The van der Waals surface area contributed by atoms with Crippen LogP contribution in [0.3, 0.4) is 0 Å². The first kappa shape index (κ1) is 12.8. The summed E-state index contributed by atoms with van der Waals surface area (Å²) in [6, 6.07) is 5.06. The van der Waals surface area contributed by atoms with Gasteiger partial charge in [0.05, 0.1) is 14.2 Å². The minimum absolute atomic E-state index is 0.0940. The molecule has 0 aromatic heterocycles. The van der Waals surface area contributed by atoms with Gasteiger partial charge in [0, 0.05) is 11.6 Å². The lowest BCUT2D eigenvalue weighted by Crippen LogP contribution is -1.93. The van der Waals surface area contributed by atoms with Gasteiger partial charge in [-0.15, -0.1) is 0 Å². The molecule has 0 N–H and O–H groups in total. The van der Waals surface area contributed by atoms with Crippen molar-refractivity contribution in [3.8, 4) is 11.5 Å². The van der Waals surface area contributed by atoms with E-state index >= 15 is 0 Å². The number of benzene rings is 1. The summed E-state index contributed by atoms with van der Waals surface area (Å²) in [4.78, 5) is 20.8. The largest absolute Gasteiger partial charge is 0.497 e. The SMILES string of the molecule is COc1ccc(/C=C(\C=O)OC=O)c(OC)c1. The highest BCUT2D eigenvalue weighted by atomic mass is 16.5. The van der Waals surface area contributed by atoms with Crippen LogP contribution in [-0.2, 0) is 14.3 Å². The van der Waals surface area contributed by atoms with Gasteiger partial charge in [-0.1, -0.05) is 0 Å². The number of methoxy groups -OCH3 is 2. The Balaban J connectivity index is 3.12. The molecule has 0 atom stereocenters. The Bertz CT molecular complexity index is 437. The van der Waals surface area contributed by atoms with E-state index in [9.17, 15) is 9.59 Å². The van der Waals surface area contributed by atoms with Crippen molar-refractivity contribution in [2.45, 2.75) is 0 Å². The van der Waals surface area contributed by atoms with E-state index in [0.717, 1.165) is 0 Å². The summed E-state index contributed by atoms with van der Waals surface area (Å²) < 4.78 is 14.6. The minimum atomic E-state index is -0.0940. The summed E-state index contributed by atoms with van der Waals surface area (Å²) in [5.74, 6) is 1.05. The molecule has 1 rings (SSSR count). The molecule has 0 spiro atoms. The van der Waals surface area contributed by atoms with Crippen molar-refractivity contribution in [1.82, 2.24) is 0 Å². The lowest BCUT2D eigenvalue weighted by molar-refractivity contribution is -0.127. The van der Waals surface area contributed by atoms with Crippen molar-refractivity contribution in [2.75, 3.05) is 14.2 Å². The van der Waals surface area contributed by atoms with Crippen LogP contribution in [0.5, 0.6) is 11.5 Å². The van der Waals surface area contributed by atoms with Gasteiger partial charge in [0.1, 0.15) is 11.5 Å². The predicted molar refractivity (Wildman–Crippen MR) is 60.7 cm³/mol. The van der Waals surface area contributed by atoms with E-state index in [1.54, 1.807) is 18.2 Å². The third kappa shape index (κ3) is 3.34. The Morgan fingerprint density at radius 3 is 2.47 bits per heavy atom. The molecular formula is C12H12O5. The average Bonchev–Trinajstić information content (AvgIpc) is 2.38. The Morgan fingerprint density at radius 1 is 1.18 bits per heavy atom. The van der Waals surface area contributed by atoms with Crippen molar-refractivity contribution in [3.05, 3.63) is 29.5 Å². The summed E-state index contributed by atoms with van der Waals surface area (Å²) in [7, 11) is 3.03. The zero-order valence-electron chi connectivity index (χ0n) is 9.51. The molecule has 0 heterocycles. The number of rotatable bonds is 6. The van der Waals surface area contributed by atoms with Gasteiger partial charge in [0.15, 0.2) is 12.0 Å². The van der Waals surface area contributed by atoms with E-state index in [-0.39, 0.29) is 12.2 Å².